The van der Waals surface area contributed by atoms with Gasteiger partial charge in [-0.3, -0.25) is 4.79 Å². The minimum absolute atomic E-state index is 0.0387. The molecule has 1 aliphatic rings. The molecule has 19 heavy (non-hydrogen) atoms. The third kappa shape index (κ3) is 2.67. The molecule has 104 valence electrons. The maximum Gasteiger partial charge on any atom is 0.255 e. The fourth-order valence-corrected chi connectivity index (χ4v) is 2.79. The van der Waals surface area contributed by atoms with Gasteiger partial charge in [0.2, 0.25) is 0 Å². The zero-order valence-corrected chi connectivity index (χ0v) is 12.0. The highest BCUT2D eigenvalue weighted by Crippen LogP contribution is 2.32. The summed E-state index contributed by atoms with van der Waals surface area (Å²) in [5.74, 6) is 0.0387. The van der Waals surface area contributed by atoms with Crippen molar-refractivity contribution in [3.05, 3.63) is 23.8 Å². The van der Waals surface area contributed by atoms with Crippen molar-refractivity contribution in [1.29, 1.82) is 0 Å². The lowest BCUT2D eigenvalue weighted by molar-refractivity contribution is 0.0828. The van der Waals surface area contributed by atoms with E-state index < -0.39 is 0 Å². The van der Waals surface area contributed by atoms with E-state index in [1.54, 1.807) is 25.1 Å². The number of rotatable bonds is 3. The first-order valence-electron chi connectivity index (χ1n) is 6.92. The third-order valence-electron chi connectivity index (χ3n) is 3.82. The molecule has 2 N–H and O–H groups in total. The van der Waals surface area contributed by atoms with Crippen LogP contribution in [0.25, 0.3) is 0 Å². The highest BCUT2D eigenvalue weighted by Gasteiger charge is 2.27. The number of nitrogens with two attached hydrogens (primary N) is 1. The first-order valence-corrected chi connectivity index (χ1v) is 6.92. The van der Waals surface area contributed by atoms with Crippen LogP contribution >= 0.6 is 0 Å². The number of nitrogen functional groups attached to an aromatic ring is 1. The molecule has 0 spiro atoms. The first kappa shape index (κ1) is 13.7. The topological polar surface area (TPSA) is 49.6 Å². The molecule has 1 fully saturated rings. The summed E-state index contributed by atoms with van der Waals surface area (Å²) in [6, 6.07) is 6.11. The minimum atomic E-state index is 0.0387. The Hall–Kier alpha value is -1.71. The number of carbonyl (C=O) groups is 1. The number of hydrogen-bond donors (Lipinski definition) is 1. The Labute approximate surface area is 115 Å². The number of anilines is 2. The van der Waals surface area contributed by atoms with E-state index in [1.165, 1.54) is 12.8 Å². The van der Waals surface area contributed by atoms with Crippen LogP contribution in [0.15, 0.2) is 18.2 Å². The van der Waals surface area contributed by atoms with Crippen molar-refractivity contribution in [2.75, 3.05) is 31.3 Å². The van der Waals surface area contributed by atoms with Gasteiger partial charge >= 0.3 is 0 Å². The highest BCUT2D eigenvalue weighted by atomic mass is 16.2. The van der Waals surface area contributed by atoms with Crippen molar-refractivity contribution < 1.29 is 4.79 Å². The Kier molecular flexibility index (Phi) is 3.98. The molecule has 2 rings (SSSR count). The molecule has 0 aromatic heterocycles. The summed E-state index contributed by atoms with van der Waals surface area (Å²) in [6.45, 7) is 3.21. The molecule has 1 amide bonds. The van der Waals surface area contributed by atoms with Crippen LogP contribution in [0.1, 0.15) is 36.5 Å². The molecule has 1 aromatic rings. The summed E-state index contributed by atoms with van der Waals surface area (Å²) >= 11 is 0. The number of nitrogens with zero attached hydrogens (tertiary/aromatic N) is 2. The van der Waals surface area contributed by atoms with Crippen LogP contribution in [0.4, 0.5) is 11.4 Å². The van der Waals surface area contributed by atoms with Crippen LogP contribution in [0.5, 0.6) is 0 Å². The predicted octanol–water partition coefficient (Wildman–Crippen LogP) is 2.35. The van der Waals surface area contributed by atoms with E-state index in [-0.39, 0.29) is 5.91 Å². The van der Waals surface area contributed by atoms with Gasteiger partial charge < -0.3 is 15.5 Å². The SMILES string of the molecule is CCC1CCCN1c1cc(N)ccc1C(=O)N(C)C. The van der Waals surface area contributed by atoms with Crippen LogP contribution in [-0.4, -0.2) is 37.5 Å². The standard InChI is InChI=1S/C15H23N3O/c1-4-12-6-5-9-18(12)14-10-11(16)7-8-13(14)15(19)17(2)3/h7-8,10,12H,4-6,9,16H2,1-3H3. The van der Waals surface area contributed by atoms with Crippen LogP contribution in [0, 0.1) is 0 Å². The van der Waals surface area contributed by atoms with E-state index in [0.29, 0.717) is 11.7 Å². The van der Waals surface area contributed by atoms with Gasteiger partial charge in [0.1, 0.15) is 0 Å². The van der Waals surface area contributed by atoms with Gasteiger partial charge in [-0.25, -0.2) is 0 Å². The van der Waals surface area contributed by atoms with Gasteiger partial charge in [0.15, 0.2) is 0 Å². The summed E-state index contributed by atoms with van der Waals surface area (Å²) < 4.78 is 0. The molecule has 0 bridgehead atoms. The summed E-state index contributed by atoms with van der Waals surface area (Å²) in [5, 5.41) is 0. The van der Waals surface area contributed by atoms with Crippen LogP contribution in [0.3, 0.4) is 0 Å². The van der Waals surface area contributed by atoms with E-state index >= 15 is 0 Å². The monoisotopic (exact) mass is 261 g/mol. The number of hydrogen-bond acceptors (Lipinski definition) is 3. The van der Waals surface area contributed by atoms with Gasteiger partial charge in [0, 0.05) is 32.4 Å². The Morgan fingerprint density at radius 1 is 1.47 bits per heavy atom. The zero-order valence-electron chi connectivity index (χ0n) is 12.0. The van der Waals surface area contributed by atoms with Crippen molar-refractivity contribution in [2.45, 2.75) is 32.2 Å². The molecule has 1 saturated heterocycles. The molecule has 0 aliphatic carbocycles. The van der Waals surface area contributed by atoms with Gasteiger partial charge in [-0.1, -0.05) is 6.92 Å². The van der Waals surface area contributed by atoms with Gasteiger partial charge in [-0.05, 0) is 37.5 Å². The van der Waals surface area contributed by atoms with Crippen molar-refractivity contribution in [1.82, 2.24) is 4.90 Å². The molecular formula is C15H23N3O. The van der Waals surface area contributed by atoms with Gasteiger partial charge in [-0.15, -0.1) is 0 Å². The van der Waals surface area contributed by atoms with E-state index in [4.69, 9.17) is 5.73 Å². The Bertz CT molecular complexity index is 470. The molecule has 4 heteroatoms. The van der Waals surface area contributed by atoms with Crippen LogP contribution in [-0.2, 0) is 0 Å². The second-order valence-corrected chi connectivity index (χ2v) is 5.37. The second kappa shape index (κ2) is 5.51. The van der Waals surface area contributed by atoms with Crippen molar-refractivity contribution >= 4 is 17.3 Å². The summed E-state index contributed by atoms with van der Waals surface area (Å²) in [4.78, 5) is 16.2. The average molecular weight is 261 g/mol. The summed E-state index contributed by atoms with van der Waals surface area (Å²) in [7, 11) is 3.56. The predicted molar refractivity (Wildman–Crippen MR) is 79.5 cm³/mol. The largest absolute Gasteiger partial charge is 0.399 e. The van der Waals surface area contributed by atoms with Crippen molar-refractivity contribution in [3.63, 3.8) is 0 Å². The fraction of sp³-hybridized carbons (Fsp3) is 0.533. The molecule has 1 atom stereocenters. The Morgan fingerprint density at radius 2 is 2.21 bits per heavy atom. The molecule has 1 aromatic carbocycles. The molecule has 0 radical (unpaired) electrons. The molecular weight excluding hydrogens is 238 g/mol. The Balaban J connectivity index is 2.42. The zero-order chi connectivity index (χ0) is 14.0. The third-order valence-corrected chi connectivity index (χ3v) is 3.82. The molecule has 1 unspecified atom stereocenters. The maximum absolute atomic E-state index is 12.3. The van der Waals surface area contributed by atoms with E-state index in [1.807, 2.05) is 12.1 Å². The minimum Gasteiger partial charge on any atom is -0.399 e. The number of carbonyl (C=O) groups excluding carboxylic acids is 1. The fourth-order valence-electron chi connectivity index (χ4n) is 2.79. The lowest BCUT2D eigenvalue weighted by Gasteiger charge is -2.28. The average Bonchev–Trinajstić information content (AvgIpc) is 2.85. The van der Waals surface area contributed by atoms with Gasteiger partial charge in [-0.2, -0.15) is 0 Å². The molecule has 0 saturated carbocycles. The number of benzene rings is 1. The normalized spacial score (nSPS) is 18.7. The molecule has 1 aliphatic heterocycles. The highest BCUT2D eigenvalue weighted by molar-refractivity contribution is 6.00. The van der Waals surface area contributed by atoms with E-state index in [9.17, 15) is 4.79 Å². The quantitative estimate of drug-likeness (QED) is 0.850. The first-order chi connectivity index (χ1) is 9.04. The van der Waals surface area contributed by atoms with Gasteiger partial charge in [0.25, 0.3) is 5.91 Å². The maximum atomic E-state index is 12.3. The van der Waals surface area contributed by atoms with E-state index in [0.717, 1.165) is 24.2 Å². The Morgan fingerprint density at radius 3 is 2.84 bits per heavy atom. The van der Waals surface area contributed by atoms with Crippen molar-refractivity contribution in [3.8, 4) is 0 Å². The second-order valence-electron chi connectivity index (χ2n) is 5.37. The lowest BCUT2D eigenvalue weighted by Crippen LogP contribution is -2.32. The summed E-state index contributed by atoms with van der Waals surface area (Å²) in [6.07, 6.45) is 3.48. The van der Waals surface area contributed by atoms with E-state index in [2.05, 4.69) is 11.8 Å². The molecule has 4 nitrogen and oxygen atoms in total. The van der Waals surface area contributed by atoms with Crippen LogP contribution in [0.2, 0.25) is 0 Å². The van der Waals surface area contributed by atoms with Gasteiger partial charge in [0.05, 0.1) is 11.3 Å². The molecule has 1 heterocycles. The van der Waals surface area contributed by atoms with Crippen molar-refractivity contribution in [2.24, 2.45) is 0 Å². The lowest BCUT2D eigenvalue weighted by atomic mass is 10.1. The smallest absolute Gasteiger partial charge is 0.255 e. The summed E-state index contributed by atoms with van der Waals surface area (Å²) in [5.41, 5.74) is 8.36. The van der Waals surface area contributed by atoms with Crippen LogP contribution < -0.4 is 10.6 Å². The number of amides is 1.